The Bertz CT molecular complexity index is 1240. The Morgan fingerprint density at radius 2 is 1.09 bits per heavy atom. The fourth-order valence-corrected chi connectivity index (χ4v) is 6.56. The maximum absolute atomic E-state index is 2.58. The third-order valence-corrected chi connectivity index (χ3v) is 10.2. The first kappa shape index (κ1) is 22.3. The standard InChI is InChI=1S/C31H40N2/c1-19-14-12-15-20-24(19)25-22(30(6,7)28(20,2)3)18-23-27(33(25)11)26-21(16-13-17-32(26)10)29(4,5)31(23,8)9/h12-18H,1-11H3/q+2. The van der Waals surface area contributed by atoms with Crippen molar-refractivity contribution >= 4 is 0 Å². The van der Waals surface area contributed by atoms with Crippen LogP contribution >= 0.6 is 0 Å². The molecule has 3 aromatic rings. The molecule has 0 radical (unpaired) electrons. The summed E-state index contributed by atoms with van der Waals surface area (Å²) >= 11 is 0. The molecule has 5 rings (SSSR count). The maximum atomic E-state index is 2.58. The number of aromatic nitrogens is 2. The number of fused-ring (bicyclic) bond motifs is 6. The van der Waals surface area contributed by atoms with Gasteiger partial charge in [-0.15, -0.1) is 0 Å². The van der Waals surface area contributed by atoms with Crippen LogP contribution in [0.3, 0.4) is 0 Å². The van der Waals surface area contributed by atoms with Crippen molar-refractivity contribution in [3.63, 3.8) is 0 Å². The molecule has 0 unspecified atom stereocenters. The van der Waals surface area contributed by atoms with E-state index in [-0.39, 0.29) is 21.7 Å². The highest BCUT2D eigenvalue weighted by Gasteiger charge is 2.56. The molecule has 33 heavy (non-hydrogen) atoms. The fraction of sp³-hybridized carbons (Fsp3) is 0.484. The summed E-state index contributed by atoms with van der Waals surface area (Å²) in [5, 5.41) is 0. The molecule has 2 heteroatoms. The number of rotatable bonds is 0. The molecule has 1 aromatic carbocycles. The highest BCUT2D eigenvalue weighted by molar-refractivity contribution is 5.78. The summed E-state index contributed by atoms with van der Waals surface area (Å²) < 4.78 is 4.86. The smallest absolute Gasteiger partial charge is 0.196 e. The van der Waals surface area contributed by atoms with Gasteiger partial charge >= 0.3 is 0 Å². The summed E-state index contributed by atoms with van der Waals surface area (Å²) in [4.78, 5) is 0. The number of pyridine rings is 2. The number of aryl methyl sites for hydroxylation is 2. The average molecular weight is 441 g/mol. The van der Waals surface area contributed by atoms with Gasteiger partial charge in [-0.05, 0) is 35.6 Å². The third-order valence-electron chi connectivity index (χ3n) is 10.2. The Kier molecular flexibility index (Phi) is 4.29. The van der Waals surface area contributed by atoms with Crippen molar-refractivity contribution in [2.24, 2.45) is 14.1 Å². The summed E-state index contributed by atoms with van der Waals surface area (Å²) in [6, 6.07) is 14.0. The van der Waals surface area contributed by atoms with Gasteiger partial charge in [-0.3, -0.25) is 0 Å². The van der Waals surface area contributed by atoms with Gasteiger partial charge in [0.05, 0.1) is 5.56 Å². The minimum Gasteiger partial charge on any atom is -0.196 e. The van der Waals surface area contributed by atoms with Gasteiger partial charge < -0.3 is 0 Å². The van der Waals surface area contributed by atoms with Crippen LogP contribution in [0, 0.1) is 6.92 Å². The van der Waals surface area contributed by atoms with Crippen molar-refractivity contribution in [2.75, 3.05) is 0 Å². The quantitative estimate of drug-likeness (QED) is 0.372. The van der Waals surface area contributed by atoms with Gasteiger partial charge in [0.25, 0.3) is 11.4 Å². The van der Waals surface area contributed by atoms with E-state index in [1.165, 1.54) is 50.5 Å². The molecule has 0 aliphatic heterocycles. The third kappa shape index (κ3) is 2.45. The molecule has 0 fully saturated rings. The van der Waals surface area contributed by atoms with Gasteiger partial charge in [0.15, 0.2) is 6.20 Å². The van der Waals surface area contributed by atoms with Crippen LogP contribution in [-0.4, -0.2) is 0 Å². The largest absolute Gasteiger partial charge is 0.281 e. The number of hydrogen-bond acceptors (Lipinski definition) is 0. The van der Waals surface area contributed by atoms with Crippen LogP contribution in [0.1, 0.15) is 83.2 Å². The van der Waals surface area contributed by atoms with Gasteiger partial charge in [-0.25, -0.2) is 0 Å². The van der Waals surface area contributed by atoms with E-state index in [2.05, 4.69) is 128 Å². The lowest BCUT2D eigenvalue weighted by molar-refractivity contribution is -0.686. The second-order valence-electron chi connectivity index (χ2n) is 12.6. The van der Waals surface area contributed by atoms with Crippen molar-refractivity contribution < 1.29 is 9.13 Å². The van der Waals surface area contributed by atoms with Crippen LogP contribution in [0.4, 0.5) is 0 Å². The lowest BCUT2D eigenvalue weighted by atomic mass is 9.53. The lowest BCUT2D eigenvalue weighted by Gasteiger charge is -2.49. The summed E-state index contributed by atoms with van der Waals surface area (Å²) in [6.45, 7) is 21.7. The van der Waals surface area contributed by atoms with Crippen LogP contribution in [0.25, 0.3) is 22.6 Å². The second-order valence-corrected chi connectivity index (χ2v) is 12.6. The van der Waals surface area contributed by atoms with Gasteiger partial charge in [0.1, 0.15) is 14.1 Å². The highest BCUT2D eigenvalue weighted by atomic mass is 15.0. The van der Waals surface area contributed by atoms with Crippen LogP contribution in [0.15, 0.2) is 42.6 Å². The average Bonchev–Trinajstić information content (AvgIpc) is 2.71. The van der Waals surface area contributed by atoms with E-state index in [1.807, 2.05) is 0 Å². The first-order valence-electron chi connectivity index (χ1n) is 12.4. The Balaban J connectivity index is 2.03. The molecular weight excluding hydrogens is 400 g/mol. The van der Waals surface area contributed by atoms with E-state index < -0.39 is 0 Å². The predicted molar refractivity (Wildman–Crippen MR) is 137 cm³/mol. The summed E-state index contributed by atoms with van der Waals surface area (Å²) in [6.07, 6.45) is 2.20. The Hall–Kier alpha value is -2.48. The molecule has 0 amide bonds. The van der Waals surface area contributed by atoms with Crippen LogP contribution in [0.5, 0.6) is 0 Å². The molecule has 2 nitrogen and oxygen atoms in total. The molecule has 0 spiro atoms. The zero-order valence-electron chi connectivity index (χ0n) is 22.4. The van der Waals surface area contributed by atoms with Crippen molar-refractivity contribution in [3.8, 4) is 22.6 Å². The molecule has 2 aliphatic carbocycles. The first-order chi connectivity index (χ1) is 15.2. The Morgan fingerprint density at radius 1 is 0.576 bits per heavy atom. The molecule has 2 aliphatic rings. The second kappa shape index (κ2) is 6.34. The predicted octanol–water partition coefficient (Wildman–Crippen LogP) is 6.12. The molecule has 0 N–H and O–H groups in total. The van der Waals surface area contributed by atoms with E-state index in [1.54, 1.807) is 0 Å². The molecule has 2 aromatic heterocycles. The van der Waals surface area contributed by atoms with Crippen molar-refractivity contribution in [3.05, 3.63) is 70.4 Å². The topological polar surface area (TPSA) is 7.76 Å². The summed E-state index contributed by atoms with van der Waals surface area (Å²) in [5.74, 6) is 0. The van der Waals surface area contributed by atoms with E-state index in [0.29, 0.717) is 0 Å². The Morgan fingerprint density at radius 3 is 1.73 bits per heavy atom. The molecule has 172 valence electrons. The SMILES string of the molecule is Cc1cccc2c1-c1c(cc3c([n+]1C)-c1c(ccc[n+]1C)C(C)(C)C3(C)C)C(C)(C)C2(C)C. The maximum Gasteiger partial charge on any atom is 0.281 e. The van der Waals surface area contributed by atoms with Crippen molar-refractivity contribution in [2.45, 2.75) is 84.0 Å². The highest BCUT2D eigenvalue weighted by Crippen LogP contribution is 2.57. The van der Waals surface area contributed by atoms with E-state index in [9.17, 15) is 0 Å². The van der Waals surface area contributed by atoms with Crippen LogP contribution < -0.4 is 9.13 Å². The molecule has 0 atom stereocenters. The number of nitrogens with zero attached hydrogens (tertiary/aromatic N) is 2. The molecule has 2 heterocycles. The fourth-order valence-electron chi connectivity index (χ4n) is 6.56. The Labute approximate surface area is 200 Å². The van der Waals surface area contributed by atoms with Crippen molar-refractivity contribution in [1.29, 1.82) is 0 Å². The van der Waals surface area contributed by atoms with Gasteiger partial charge in [0, 0.05) is 39.0 Å². The van der Waals surface area contributed by atoms with Crippen LogP contribution in [0.2, 0.25) is 0 Å². The van der Waals surface area contributed by atoms with Gasteiger partial charge in [-0.2, -0.15) is 9.13 Å². The molecule has 0 bridgehead atoms. The molecular formula is C31H40N2+2. The van der Waals surface area contributed by atoms with Crippen molar-refractivity contribution in [1.82, 2.24) is 0 Å². The van der Waals surface area contributed by atoms with E-state index >= 15 is 0 Å². The zero-order valence-corrected chi connectivity index (χ0v) is 22.4. The number of benzene rings is 1. The minimum atomic E-state index is -0.0112. The first-order valence-corrected chi connectivity index (χ1v) is 12.4. The molecule has 0 saturated heterocycles. The zero-order chi connectivity index (χ0) is 24.3. The van der Waals surface area contributed by atoms with E-state index in [0.717, 1.165) is 0 Å². The molecule has 0 saturated carbocycles. The monoisotopic (exact) mass is 440 g/mol. The van der Waals surface area contributed by atoms with Gasteiger partial charge in [0.2, 0.25) is 5.69 Å². The summed E-state index contributed by atoms with van der Waals surface area (Å²) in [7, 11) is 4.50. The lowest BCUT2D eigenvalue weighted by Crippen LogP contribution is -2.55. The number of hydrogen-bond donors (Lipinski definition) is 0. The van der Waals surface area contributed by atoms with Crippen LogP contribution in [-0.2, 0) is 35.8 Å². The minimum absolute atomic E-state index is 0.00467. The van der Waals surface area contributed by atoms with E-state index in [4.69, 9.17) is 0 Å². The normalized spacial score (nSPS) is 20.3. The summed E-state index contributed by atoms with van der Waals surface area (Å²) in [5.41, 5.74) is 12.7. The van der Waals surface area contributed by atoms with Gasteiger partial charge in [-0.1, -0.05) is 73.6 Å².